The number of fused-ring (bicyclic) bond motifs is 2. The van der Waals surface area contributed by atoms with Crippen LogP contribution in [0.1, 0.15) is 30.4 Å². The van der Waals surface area contributed by atoms with Crippen molar-refractivity contribution in [2.75, 3.05) is 42.2 Å². The highest BCUT2D eigenvalue weighted by molar-refractivity contribution is 7.22. The van der Waals surface area contributed by atoms with Crippen LogP contribution < -0.4 is 16.0 Å². The highest BCUT2D eigenvalue weighted by Gasteiger charge is 2.20. The van der Waals surface area contributed by atoms with Gasteiger partial charge in [-0.25, -0.2) is 9.97 Å². The van der Waals surface area contributed by atoms with Gasteiger partial charge in [-0.2, -0.15) is 4.98 Å². The summed E-state index contributed by atoms with van der Waals surface area (Å²) in [7, 11) is 0. The third-order valence-electron chi connectivity index (χ3n) is 7.29. The van der Waals surface area contributed by atoms with Crippen LogP contribution in [0.3, 0.4) is 0 Å². The number of nitrogens with zero attached hydrogens (tertiary/aromatic N) is 4. The molecule has 1 aliphatic heterocycles. The van der Waals surface area contributed by atoms with E-state index >= 15 is 0 Å². The Morgan fingerprint density at radius 2 is 1.77 bits per heavy atom. The Balaban J connectivity index is 1.12. The summed E-state index contributed by atoms with van der Waals surface area (Å²) in [5.41, 5.74) is 5.31. The molecule has 0 spiro atoms. The summed E-state index contributed by atoms with van der Waals surface area (Å²) in [5.74, 6) is 1.30. The van der Waals surface area contributed by atoms with Crippen LogP contribution in [0.15, 0.2) is 66.7 Å². The number of anilines is 4. The van der Waals surface area contributed by atoms with Crippen LogP contribution in [-0.2, 0) is 6.54 Å². The van der Waals surface area contributed by atoms with Crippen LogP contribution in [-0.4, -0.2) is 57.2 Å². The SMILES string of the molecule is Cc1ccc2nc(Nc3ccc4nc(NC5CCN(Cc6ccccc6)CC5)sc4c3)nc(NCCCO)c2c1. The molecule has 1 fully saturated rings. The van der Waals surface area contributed by atoms with Crippen molar-refractivity contribution < 1.29 is 5.11 Å². The average molecular weight is 554 g/mol. The Labute approximate surface area is 238 Å². The number of aliphatic hydroxyl groups is 1. The second-order valence-corrected chi connectivity index (χ2v) is 11.5. The zero-order chi connectivity index (χ0) is 27.3. The monoisotopic (exact) mass is 553 g/mol. The molecule has 0 unspecified atom stereocenters. The molecule has 5 aromatic rings. The minimum Gasteiger partial charge on any atom is -0.396 e. The number of hydrogen-bond donors (Lipinski definition) is 4. The summed E-state index contributed by atoms with van der Waals surface area (Å²) in [6.45, 7) is 6.04. The van der Waals surface area contributed by atoms with E-state index in [2.05, 4.69) is 76.3 Å². The zero-order valence-electron chi connectivity index (χ0n) is 22.7. The first-order valence-electron chi connectivity index (χ1n) is 14.0. The van der Waals surface area contributed by atoms with Crippen LogP contribution in [0.4, 0.5) is 22.6 Å². The van der Waals surface area contributed by atoms with E-state index in [4.69, 9.17) is 15.0 Å². The van der Waals surface area contributed by atoms with E-state index in [1.807, 2.05) is 18.2 Å². The maximum Gasteiger partial charge on any atom is 0.229 e. The van der Waals surface area contributed by atoms with Gasteiger partial charge in [0.05, 0.1) is 15.7 Å². The fraction of sp³-hybridized carbons (Fsp3) is 0.323. The van der Waals surface area contributed by atoms with E-state index in [1.165, 1.54) is 5.56 Å². The third-order valence-corrected chi connectivity index (χ3v) is 8.24. The number of thiazole rings is 1. The number of hydrogen-bond acceptors (Lipinski definition) is 9. The number of piperidine rings is 1. The molecule has 4 N–H and O–H groups in total. The van der Waals surface area contributed by atoms with Gasteiger partial charge in [0, 0.05) is 49.9 Å². The van der Waals surface area contributed by atoms with Gasteiger partial charge in [0.25, 0.3) is 0 Å². The summed E-state index contributed by atoms with van der Waals surface area (Å²) < 4.78 is 1.12. The lowest BCUT2D eigenvalue weighted by Crippen LogP contribution is -2.38. The molecule has 0 amide bonds. The first kappa shape index (κ1) is 26.4. The second kappa shape index (κ2) is 12.2. The Bertz CT molecular complexity index is 1580. The Kier molecular flexibility index (Phi) is 8.04. The predicted octanol–water partition coefficient (Wildman–Crippen LogP) is 6.16. The highest BCUT2D eigenvalue weighted by atomic mass is 32.1. The topological polar surface area (TPSA) is 98.2 Å². The quantitative estimate of drug-likeness (QED) is 0.153. The summed E-state index contributed by atoms with van der Waals surface area (Å²) in [4.78, 5) is 16.9. The molecule has 9 heteroatoms. The van der Waals surface area contributed by atoms with E-state index in [0.29, 0.717) is 25.0 Å². The molecule has 0 atom stereocenters. The van der Waals surface area contributed by atoms with Crippen molar-refractivity contribution in [3.63, 3.8) is 0 Å². The third kappa shape index (κ3) is 6.33. The maximum atomic E-state index is 9.20. The van der Waals surface area contributed by atoms with Crippen molar-refractivity contribution in [3.05, 3.63) is 77.9 Å². The van der Waals surface area contributed by atoms with E-state index in [1.54, 1.807) is 11.3 Å². The summed E-state index contributed by atoms with van der Waals surface area (Å²) in [5, 5.41) is 21.6. The lowest BCUT2D eigenvalue weighted by Gasteiger charge is -2.32. The van der Waals surface area contributed by atoms with Gasteiger partial charge >= 0.3 is 0 Å². The first-order chi connectivity index (χ1) is 19.6. The smallest absolute Gasteiger partial charge is 0.229 e. The van der Waals surface area contributed by atoms with Gasteiger partial charge in [-0.05, 0) is 62.1 Å². The number of aliphatic hydroxyl groups excluding tert-OH is 1. The maximum absolute atomic E-state index is 9.20. The van der Waals surface area contributed by atoms with Crippen LogP contribution in [0.5, 0.6) is 0 Å². The van der Waals surface area contributed by atoms with Crippen molar-refractivity contribution in [2.45, 2.75) is 38.8 Å². The molecule has 8 nitrogen and oxygen atoms in total. The van der Waals surface area contributed by atoms with Gasteiger partial charge in [0.15, 0.2) is 5.13 Å². The molecule has 206 valence electrons. The average Bonchev–Trinajstić information content (AvgIpc) is 3.36. The standard InChI is InChI=1S/C31H35N7OS/c1-21-8-10-26-25(18-21)29(32-14-5-17-39)37-30(35-26)33-24-9-11-27-28(19-24)40-31(36-27)34-23-12-15-38(16-13-23)20-22-6-3-2-4-7-22/h2-4,6-11,18-19,23,39H,5,12-17,20H2,1H3,(H,34,36)(H2,32,33,35,37). The van der Waals surface area contributed by atoms with E-state index in [-0.39, 0.29) is 6.61 Å². The summed E-state index contributed by atoms with van der Waals surface area (Å²) in [6, 6.07) is 23.5. The summed E-state index contributed by atoms with van der Waals surface area (Å²) >= 11 is 1.69. The van der Waals surface area contributed by atoms with Crippen LogP contribution >= 0.6 is 11.3 Å². The molecule has 3 heterocycles. The van der Waals surface area contributed by atoms with E-state index in [0.717, 1.165) is 75.8 Å². The normalized spacial score (nSPS) is 14.6. The predicted molar refractivity (Wildman–Crippen MR) is 166 cm³/mol. The minimum atomic E-state index is 0.138. The second-order valence-electron chi connectivity index (χ2n) is 10.4. The molecule has 0 bridgehead atoms. The van der Waals surface area contributed by atoms with Crippen molar-refractivity contribution in [3.8, 4) is 0 Å². The first-order valence-corrected chi connectivity index (χ1v) is 14.8. The Morgan fingerprint density at radius 3 is 2.60 bits per heavy atom. The highest BCUT2D eigenvalue weighted by Crippen LogP contribution is 2.31. The molecule has 2 aromatic heterocycles. The van der Waals surface area contributed by atoms with Gasteiger partial charge in [-0.15, -0.1) is 0 Å². The van der Waals surface area contributed by atoms with Crippen molar-refractivity contribution in [1.29, 1.82) is 0 Å². The molecular weight excluding hydrogens is 518 g/mol. The number of nitrogens with one attached hydrogen (secondary N) is 3. The zero-order valence-corrected chi connectivity index (χ0v) is 23.5. The number of aryl methyl sites for hydroxylation is 1. The lowest BCUT2D eigenvalue weighted by molar-refractivity contribution is 0.211. The lowest BCUT2D eigenvalue weighted by atomic mass is 10.0. The van der Waals surface area contributed by atoms with Crippen molar-refractivity contribution in [1.82, 2.24) is 19.9 Å². The summed E-state index contributed by atoms with van der Waals surface area (Å²) in [6.07, 6.45) is 2.89. The fourth-order valence-corrected chi connectivity index (χ4v) is 6.15. The molecule has 1 saturated heterocycles. The Hall–Kier alpha value is -3.79. The van der Waals surface area contributed by atoms with Gasteiger partial charge in [-0.3, -0.25) is 4.90 Å². The van der Waals surface area contributed by atoms with E-state index in [9.17, 15) is 5.11 Å². The van der Waals surface area contributed by atoms with Crippen molar-refractivity contribution in [2.24, 2.45) is 0 Å². The minimum absolute atomic E-state index is 0.138. The number of benzene rings is 3. The molecule has 0 radical (unpaired) electrons. The Morgan fingerprint density at radius 1 is 0.950 bits per heavy atom. The number of aromatic nitrogens is 3. The molecule has 0 aliphatic carbocycles. The molecule has 40 heavy (non-hydrogen) atoms. The number of likely N-dealkylation sites (tertiary alicyclic amines) is 1. The van der Waals surface area contributed by atoms with E-state index < -0.39 is 0 Å². The van der Waals surface area contributed by atoms with Gasteiger partial charge < -0.3 is 21.1 Å². The fourth-order valence-electron chi connectivity index (χ4n) is 5.16. The largest absolute Gasteiger partial charge is 0.396 e. The number of rotatable bonds is 10. The van der Waals surface area contributed by atoms with Crippen molar-refractivity contribution >= 4 is 55.0 Å². The molecule has 3 aromatic carbocycles. The van der Waals surface area contributed by atoms with Gasteiger partial charge in [0.2, 0.25) is 5.95 Å². The van der Waals surface area contributed by atoms with Crippen LogP contribution in [0, 0.1) is 6.92 Å². The molecule has 6 rings (SSSR count). The van der Waals surface area contributed by atoms with Crippen LogP contribution in [0.25, 0.3) is 21.1 Å². The molecular formula is C31H35N7OS. The van der Waals surface area contributed by atoms with Crippen LogP contribution in [0.2, 0.25) is 0 Å². The molecule has 0 saturated carbocycles. The van der Waals surface area contributed by atoms with Gasteiger partial charge in [-0.1, -0.05) is 53.3 Å². The molecule has 1 aliphatic rings. The van der Waals surface area contributed by atoms with Gasteiger partial charge in [0.1, 0.15) is 5.82 Å².